The predicted molar refractivity (Wildman–Crippen MR) is 78.9 cm³/mol. The standard InChI is InChI=1S/C15H22N4O2/c1-5-7-11(14-16-8-9-19(14)4)18-15(20)13-10(3)17-12(6-2)21-13/h8-9,11H,5-7H2,1-4H3,(H,18,20). The van der Waals surface area contributed by atoms with Crippen LogP contribution in [0.1, 0.15) is 60.7 Å². The Bertz CT molecular complexity index is 615. The Hall–Kier alpha value is -2.11. The highest BCUT2D eigenvalue weighted by Crippen LogP contribution is 2.18. The topological polar surface area (TPSA) is 73.0 Å². The van der Waals surface area contributed by atoms with Crippen LogP contribution in [-0.4, -0.2) is 20.4 Å². The lowest BCUT2D eigenvalue weighted by atomic mass is 10.1. The molecular formula is C15H22N4O2. The van der Waals surface area contributed by atoms with E-state index in [4.69, 9.17) is 4.42 Å². The molecule has 6 heteroatoms. The Morgan fingerprint density at radius 2 is 2.24 bits per heavy atom. The van der Waals surface area contributed by atoms with Crippen LogP contribution in [0.5, 0.6) is 0 Å². The number of imidazole rings is 1. The highest BCUT2D eigenvalue weighted by Gasteiger charge is 2.22. The fourth-order valence-electron chi connectivity index (χ4n) is 2.31. The van der Waals surface area contributed by atoms with Gasteiger partial charge in [-0.2, -0.15) is 0 Å². The number of hydrogen-bond acceptors (Lipinski definition) is 4. The molecule has 2 rings (SSSR count). The van der Waals surface area contributed by atoms with E-state index in [1.165, 1.54) is 0 Å². The Balaban J connectivity index is 2.18. The minimum Gasteiger partial charge on any atom is -0.435 e. The number of carbonyl (C=O) groups excluding carboxylic acids is 1. The molecule has 1 atom stereocenters. The molecule has 0 saturated heterocycles. The fourth-order valence-corrected chi connectivity index (χ4v) is 2.31. The van der Waals surface area contributed by atoms with Crippen molar-refractivity contribution in [3.63, 3.8) is 0 Å². The van der Waals surface area contributed by atoms with Crippen molar-refractivity contribution in [3.05, 3.63) is 35.6 Å². The van der Waals surface area contributed by atoms with Crippen LogP contribution in [0.3, 0.4) is 0 Å². The Morgan fingerprint density at radius 1 is 1.48 bits per heavy atom. The van der Waals surface area contributed by atoms with Gasteiger partial charge >= 0.3 is 0 Å². The van der Waals surface area contributed by atoms with E-state index in [2.05, 4.69) is 22.2 Å². The number of nitrogens with zero attached hydrogens (tertiary/aromatic N) is 3. The number of rotatable bonds is 6. The van der Waals surface area contributed by atoms with Crippen molar-refractivity contribution < 1.29 is 9.21 Å². The second-order valence-electron chi connectivity index (χ2n) is 5.09. The third-order valence-electron chi connectivity index (χ3n) is 3.40. The second-order valence-corrected chi connectivity index (χ2v) is 5.09. The smallest absolute Gasteiger partial charge is 0.289 e. The predicted octanol–water partition coefficient (Wildman–Crippen LogP) is 2.55. The summed E-state index contributed by atoms with van der Waals surface area (Å²) in [4.78, 5) is 21.0. The summed E-state index contributed by atoms with van der Waals surface area (Å²) in [6, 6.07) is -0.128. The van der Waals surface area contributed by atoms with Crippen LogP contribution in [-0.2, 0) is 13.5 Å². The first-order valence-corrected chi connectivity index (χ1v) is 7.31. The summed E-state index contributed by atoms with van der Waals surface area (Å²) in [6.45, 7) is 5.81. The molecule has 0 spiro atoms. The zero-order valence-corrected chi connectivity index (χ0v) is 13.0. The van der Waals surface area contributed by atoms with Crippen molar-refractivity contribution in [2.24, 2.45) is 7.05 Å². The second kappa shape index (κ2) is 6.56. The number of nitrogens with one attached hydrogen (secondary N) is 1. The highest BCUT2D eigenvalue weighted by atomic mass is 16.4. The van der Waals surface area contributed by atoms with Crippen LogP contribution in [0.25, 0.3) is 0 Å². The van der Waals surface area contributed by atoms with E-state index >= 15 is 0 Å². The zero-order valence-electron chi connectivity index (χ0n) is 13.0. The Kier molecular flexibility index (Phi) is 4.77. The van der Waals surface area contributed by atoms with Crippen LogP contribution in [0.4, 0.5) is 0 Å². The molecule has 0 aliphatic carbocycles. The zero-order chi connectivity index (χ0) is 15.4. The molecule has 0 bridgehead atoms. The van der Waals surface area contributed by atoms with Crippen LogP contribution < -0.4 is 5.32 Å². The summed E-state index contributed by atoms with van der Waals surface area (Å²) < 4.78 is 7.42. The minimum absolute atomic E-state index is 0.128. The lowest BCUT2D eigenvalue weighted by Crippen LogP contribution is -2.30. The number of carbonyl (C=O) groups is 1. The van der Waals surface area contributed by atoms with E-state index in [9.17, 15) is 4.79 Å². The molecule has 0 fully saturated rings. The van der Waals surface area contributed by atoms with Crippen molar-refractivity contribution >= 4 is 5.91 Å². The van der Waals surface area contributed by atoms with Crippen LogP contribution in [0.15, 0.2) is 16.8 Å². The summed E-state index contributed by atoms with van der Waals surface area (Å²) in [5.74, 6) is 1.49. The third-order valence-corrected chi connectivity index (χ3v) is 3.40. The first-order chi connectivity index (χ1) is 10.1. The average Bonchev–Trinajstić information content (AvgIpc) is 3.04. The fraction of sp³-hybridized carbons (Fsp3) is 0.533. The van der Waals surface area contributed by atoms with Gasteiger partial charge in [0.25, 0.3) is 5.91 Å². The van der Waals surface area contributed by atoms with E-state index in [1.807, 2.05) is 24.7 Å². The molecule has 0 aliphatic heterocycles. The maximum atomic E-state index is 12.4. The highest BCUT2D eigenvalue weighted by molar-refractivity contribution is 5.92. The Labute approximate surface area is 124 Å². The number of hydrogen-bond donors (Lipinski definition) is 1. The molecule has 6 nitrogen and oxygen atoms in total. The molecule has 114 valence electrons. The maximum Gasteiger partial charge on any atom is 0.289 e. The molecule has 1 amide bonds. The van der Waals surface area contributed by atoms with Crippen LogP contribution >= 0.6 is 0 Å². The molecule has 0 aliphatic rings. The van der Waals surface area contributed by atoms with E-state index in [1.54, 1.807) is 13.1 Å². The monoisotopic (exact) mass is 290 g/mol. The van der Waals surface area contributed by atoms with Crippen molar-refractivity contribution in [2.45, 2.75) is 46.1 Å². The minimum atomic E-state index is -0.235. The molecule has 2 aromatic heterocycles. The van der Waals surface area contributed by atoms with E-state index < -0.39 is 0 Å². The van der Waals surface area contributed by atoms with Gasteiger partial charge in [-0.15, -0.1) is 0 Å². The van der Waals surface area contributed by atoms with Gasteiger partial charge in [0, 0.05) is 25.9 Å². The summed E-state index contributed by atoms with van der Waals surface area (Å²) >= 11 is 0. The van der Waals surface area contributed by atoms with Gasteiger partial charge in [-0.25, -0.2) is 9.97 Å². The van der Waals surface area contributed by atoms with Crippen molar-refractivity contribution in [3.8, 4) is 0 Å². The summed E-state index contributed by atoms with van der Waals surface area (Å²) in [6.07, 6.45) is 6.06. The normalized spacial score (nSPS) is 12.4. The number of oxazole rings is 1. The van der Waals surface area contributed by atoms with E-state index in [0.29, 0.717) is 23.8 Å². The maximum absolute atomic E-state index is 12.4. The summed E-state index contributed by atoms with van der Waals surface area (Å²) in [7, 11) is 1.92. The summed E-state index contributed by atoms with van der Waals surface area (Å²) in [5, 5.41) is 3.00. The lowest BCUT2D eigenvalue weighted by Gasteiger charge is -2.17. The first-order valence-electron chi connectivity index (χ1n) is 7.31. The van der Waals surface area contributed by atoms with Crippen molar-refractivity contribution in [1.82, 2.24) is 19.9 Å². The molecule has 0 aromatic carbocycles. The van der Waals surface area contributed by atoms with Gasteiger partial charge in [-0.05, 0) is 13.3 Å². The first kappa shape index (κ1) is 15.3. The van der Waals surface area contributed by atoms with Gasteiger partial charge in [-0.1, -0.05) is 20.3 Å². The van der Waals surface area contributed by atoms with E-state index in [0.717, 1.165) is 18.7 Å². The van der Waals surface area contributed by atoms with Gasteiger partial charge in [-0.3, -0.25) is 4.79 Å². The molecule has 0 radical (unpaired) electrons. The SMILES string of the molecule is CCCC(NC(=O)c1oc(CC)nc1C)c1nccn1C. The molecular weight excluding hydrogens is 268 g/mol. The van der Waals surface area contributed by atoms with Gasteiger partial charge in [0.15, 0.2) is 5.89 Å². The van der Waals surface area contributed by atoms with Crippen molar-refractivity contribution in [1.29, 1.82) is 0 Å². The average molecular weight is 290 g/mol. The van der Waals surface area contributed by atoms with Gasteiger partial charge < -0.3 is 14.3 Å². The third kappa shape index (κ3) is 3.32. The quantitative estimate of drug-likeness (QED) is 0.887. The molecule has 2 heterocycles. The number of aromatic nitrogens is 3. The van der Waals surface area contributed by atoms with Crippen LogP contribution in [0, 0.1) is 6.92 Å². The van der Waals surface area contributed by atoms with Gasteiger partial charge in [0.1, 0.15) is 5.82 Å². The number of amides is 1. The lowest BCUT2D eigenvalue weighted by molar-refractivity contribution is 0.0901. The molecule has 2 aromatic rings. The van der Waals surface area contributed by atoms with Gasteiger partial charge in [0.05, 0.1) is 11.7 Å². The largest absolute Gasteiger partial charge is 0.435 e. The number of aryl methyl sites for hydroxylation is 3. The molecule has 0 saturated carbocycles. The molecule has 1 unspecified atom stereocenters. The molecule has 21 heavy (non-hydrogen) atoms. The van der Waals surface area contributed by atoms with E-state index in [-0.39, 0.29) is 11.9 Å². The Morgan fingerprint density at radius 3 is 2.76 bits per heavy atom. The van der Waals surface area contributed by atoms with Crippen molar-refractivity contribution in [2.75, 3.05) is 0 Å². The summed E-state index contributed by atoms with van der Waals surface area (Å²) in [5.41, 5.74) is 0.624. The van der Waals surface area contributed by atoms with Gasteiger partial charge in [0.2, 0.25) is 5.76 Å². The molecule has 1 N–H and O–H groups in total. The van der Waals surface area contributed by atoms with Crippen LogP contribution in [0.2, 0.25) is 0 Å².